The fraction of sp³-hybridized carbons (Fsp3) is 0. The van der Waals surface area contributed by atoms with Gasteiger partial charge in [-0.2, -0.15) is 0 Å². The number of nitrogens with zero attached hydrogens (tertiary/aromatic N) is 2. The van der Waals surface area contributed by atoms with E-state index >= 15 is 0 Å². The Labute approximate surface area is 182 Å². The molecular formula is C26H15N3O3. The maximum absolute atomic E-state index is 6.16. The number of hydrogen-bond donors (Lipinski definition) is 1. The van der Waals surface area contributed by atoms with Crippen LogP contribution in [0.3, 0.4) is 0 Å². The number of nitrogens with one attached hydrogen (secondary N) is 1. The van der Waals surface area contributed by atoms with E-state index in [1.807, 2.05) is 78.9 Å². The quantitative estimate of drug-likeness (QED) is 0.370. The second-order valence-electron chi connectivity index (χ2n) is 7.61. The van der Waals surface area contributed by atoms with Crippen molar-refractivity contribution in [3.63, 3.8) is 0 Å². The Balaban J connectivity index is 1.53. The Bertz CT molecular complexity index is 1590. The Morgan fingerprint density at radius 2 is 1.44 bits per heavy atom. The van der Waals surface area contributed by atoms with Crippen molar-refractivity contribution >= 4 is 28.8 Å². The van der Waals surface area contributed by atoms with Crippen molar-refractivity contribution in [3.8, 4) is 28.7 Å². The van der Waals surface area contributed by atoms with Crippen molar-refractivity contribution in [2.75, 3.05) is 5.32 Å². The number of para-hydroxylation sites is 5. The molecule has 32 heavy (non-hydrogen) atoms. The van der Waals surface area contributed by atoms with Crippen molar-refractivity contribution in [1.82, 2.24) is 0 Å². The fourth-order valence-electron chi connectivity index (χ4n) is 4.25. The topological polar surface area (TPSA) is 64.4 Å². The van der Waals surface area contributed by atoms with Crippen molar-refractivity contribution in [2.45, 2.75) is 0 Å². The maximum atomic E-state index is 6.16. The van der Waals surface area contributed by atoms with Crippen molar-refractivity contribution in [1.29, 1.82) is 0 Å². The molecule has 0 atom stereocenters. The van der Waals surface area contributed by atoms with E-state index in [0.29, 0.717) is 11.5 Å². The lowest BCUT2D eigenvalue weighted by atomic mass is 9.98. The number of fused-ring (bicyclic) bond motifs is 6. The number of anilines is 2. The van der Waals surface area contributed by atoms with Crippen LogP contribution in [0, 0.1) is 0 Å². The largest absolute Gasteiger partial charge is 0.453 e. The van der Waals surface area contributed by atoms with Gasteiger partial charge >= 0.3 is 0 Å². The molecule has 6 heteroatoms. The zero-order chi connectivity index (χ0) is 21.1. The Hall–Kier alpha value is -4.58. The molecule has 0 fully saturated rings. The number of ether oxygens (including phenoxy) is 2. The standard InChI is InChI=1S/C26H15N3O3/c1-3-9-19-17(7-1)28-25-15(6-5-11-22(25)30-19)16-14-27-32-21-12-13-23-26(24(16)21)29-18-8-2-4-10-20(18)31-23/h1-14,29H. The van der Waals surface area contributed by atoms with Gasteiger partial charge in [-0.1, -0.05) is 41.6 Å². The predicted octanol–water partition coefficient (Wildman–Crippen LogP) is 5.17. The van der Waals surface area contributed by atoms with E-state index < -0.39 is 0 Å². The lowest BCUT2D eigenvalue weighted by Gasteiger charge is -2.26. The van der Waals surface area contributed by atoms with Gasteiger partial charge in [0.25, 0.3) is 0 Å². The molecule has 3 heterocycles. The first kappa shape index (κ1) is 17.1. The summed E-state index contributed by atoms with van der Waals surface area (Å²) in [5, 5.41) is 9.33. The first-order chi connectivity index (χ1) is 15.8. The van der Waals surface area contributed by atoms with Crippen LogP contribution in [0.1, 0.15) is 5.56 Å². The molecule has 0 amide bonds. The van der Waals surface area contributed by atoms with Crippen LogP contribution in [0.15, 0.2) is 89.0 Å². The van der Waals surface area contributed by atoms with Gasteiger partial charge in [-0.3, -0.25) is 0 Å². The summed E-state index contributed by atoms with van der Waals surface area (Å²) < 4.78 is 12.3. The second-order valence-corrected chi connectivity index (χ2v) is 7.61. The zero-order valence-corrected chi connectivity index (χ0v) is 16.7. The highest BCUT2D eigenvalue weighted by Crippen LogP contribution is 2.48. The van der Waals surface area contributed by atoms with Crippen molar-refractivity contribution < 1.29 is 14.3 Å². The molecule has 1 N–H and O–H groups in total. The fourth-order valence-corrected chi connectivity index (χ4v) is 4.25. The number of rotatable bonds is 0. The van der Waals surface area contributed by atoms with Crippen LogP contribution in [0.4, 0.5) is 17.1 Å². The molecule has 0 saturated carbocycles. The summed E-state index contributed by atoms with van der Waals surface area (Å²) in [5.74, 6) is 3.60. The van der Waals surface area contributed by atoms with Crippen LogP contribution in [0.2, 0.25) is 0 Å². The second kappa shape index (κ2) is 6.46. The summed E-state index contributed by atoms with van der Waals surface area (Å²) in [7, 11) is 0. The summed E-state index contributed by atoms with van der Waals surface area (Å²) in [5.41, 5.74) is 4.27. The third-order valence-corrected chi connectivity index (χ3v) is 5.70. The highest BCUT2D eigenvalue weighted by Gasteiger charge is 2.27. The minimum atomic E-state index is 0.645. The Morgan fingerprint density at radius 3 is 2.41 bits per heavy atom. The average Bonchev–Trinajstić information content (AvgIpc) is 2.85. The molecule has 4 aromatic rings. The highest BCUT2D eigenvalue weighted by molar-refractivity contribution is 6.14. The maximum Gasteiger partial charge on any atom is 0.168 e. The molecule has 0 aromatic heterocycles. The van der Waals surface area contributed by atoms with Crippen LogP contribution in [-0.2, 0) is 0 Å². The normalized spacial score (nSPS) is 15.8. The number of benzene rings is 4. The van der Waals surface area contributed by atoms with Gasteiger partial charge in [0.1, 0.15) is 11.0 Å². The van der Waals surface area contributed by atoms with Gasteiger partial charge < -0.3 is 19.6 Å². The minimum absolute atomic E-state index is 0.645. The molecule has 0 saturated heterocycles. The van der Waals surface area contributed by atoms with E-state index in [0.717, 1.165) is 56.0 Å². The van der Waals surface area contributed by atoms with E-state index in [1.54, 1.807) is 6.21 Å². The van der Waals surface area contributed by atoms with Gasteiger partial charge in [0.05, 0.1) is 23.2 Å². The van der Waals surface area contributed by atoms with Crippen LogP contribution < -0.4 is 30.2 Å². The summed E-state index contributed by atoms with van der Waals surface area (Å²) in [6, 6.07) is 25.3. The van der Waals surface area contributed by atoms with Crippen LogP contribution >= 0.6 is 0 Å². The molecule has 6 nitrogen and oxygen atoms in total. The van der Waals surface area contributed by atoms with E-state index in [9.17, 15) is 0 Å². The van der Waals surface area contributed by atoms with Gasteiger partial charge in [0, 0.05) is 10.8 Å². The molecule has 3 aliphatic heterocycles. The first-order valence-electron chi connectivity index (χ1n) is 10.3. The molecule has 0 radical (unpaired) electrons. The first-order valence-corrected chi connectivity index (χ1v) is 10.3. The van der Waals surface area contributed by atoms with Gasteiger partial charge in [-0.15, -0.1) is 0 Å². The van der Waals surface area contributed by atoms with E-state index in [1.165, 1.54) is 0 Å². The number of oxime groups is 1. The van der Waals surface area contributed by atoms with Gasteiger partial charge in [0.15, 0.2) is 28.7 Å². The van der Waals surface area contributed by atoms with Gasteiger partial charge in [0.2, 0.25) is 0 Å². The zero-order valence-electron chi connectivity index (χ0n) is 16.7. The van der Waals surface area contributed by atoms with Gasteiger partial charge in [-0.25, -0.2) is 4.99 Å². The molecule has 0 bridgehead atoms. The lowest BCUT2D eigenvalue weighted by Crippen LogP contribution is -2.31. The summed E-state index contributed by atoms with van der Waals surface area (Å²) >= 11 is 0. The molecule has 0 aliphatic carbocycles. The van der Waals surface area contributed by atoms with Crippen LogP contribution in [-0.4, -0.2) is 6.21 Å². The minimum Gasteiger partial charge on any atom is -0.453 e. The van der Waals surface area contributed by atoms with E-state index in [-0.39, 0.29) is 0 Å². The molecule has 7 rings (SSSR count). The van der Waals surface area contributed by atoms with Crippen LogP contribution in [0.25, 0.3) is 5.57 Å². The summed E-state index contributed by atoms with van der Waals surface area (Å²) in [4.78, 5) is 10.5. The van der Waals surface area contributed by atoms with Crippen molar-refractivity contribution in [3.05, 3.63) is 95.0 Å². The number of hydrogen-bond acceptors (Lipinski definition) is 6. The van der Waals surface area contributed by atoms with E-state index in [2.05, 4.69) is 10.5 Å². The third-order valence-electron chi connectivity index (χ3n) is 5.70. The molecule has 0 unspecified atom stereocenters. The van der Waals surface area contributed by atoms with E-state index in [4.69, 9.17) is 19.3 Å². The van der Waals surface area contributed by atoms with Crippen LogP contribution in [0.5, 0.6) is 28.7 Å². The summed E-state index contributed by atoms with van der Waals surface area (Å²) in [6.45, 7) is 0. The Kier molecular flexibility index (Phi) is 3.46. The molecule has 152 valence electrons. The monoisotopic (exact) mass is 417 g/mol. The average molecular weight is 417 g/mol. The Morgan fingerprint density at radius 1 is 0.656 bits per heavy atom. The van der Waals surface area contributed by atoms with Crippen molar-refractivity contribution in [2.24, 2.45) is 10.1 Å². The predicted molar refractivity (Wildman–Crippen MR) is 121 cm³/mol. The highest BCUT2D eigenvalue weighted by atomic mass is 16.6. The molecule has 0 spiro atoms. The SMILES string of the molecule is C1=NOc2ccc3c(c2C1=c1cccc2c1=Nc1ccccc1O2)Nc1ccccc1O3. The molecule has 3 aliphatic rings. The third kappa shape index (κ3) is 2.46. The summed E-state index contributed by atoms with van der Waals surface area (Å²) in [6.07, 6.45) is 1.72. The lowest BCUT2D eigenvalue weighted by molar-refractivity contribution is 0.339. The van der Waals surface area contributed by atoms with Gasteiger partial charge in [-0.05, 0) is 42.5 Å². The molecule has 4 aromatic carbocycles. The molecular weight excluding hydrogens is 402 g/mol. The smallest absolute Gasteiger partial charge is 0.168 e.